The zero-order chi connectivity index (χ0) is 27.4. The van der Waals surface area contributed by atoms with Crippen LogP contribution in [-0.2, 0) is 0 Å². The van der Waals surface area contributed by atoms with Crippen LogP contribution in [0.15, 0.2) is 12.4 Å². The van der Waals surface area contributed by atoms with Gasteiger partial charge in [0.05, 0.1) is 0 Å². The van der Waals surface area contributed by atoms with Gasteiger partial charge in [-0.05, 0) is 19.3 Å². The molecule has 0 saturated carbocycles. The summed E-state index contributed by atoms with van der Waals surface area (Å²) in [6, 6.07) is 0. The van der Waals surface area contributed by atoms with Crippen LogP contribution in [0.1, 0.15) is 201 Å². The average Bonchev–Trinajstić information content (AvgIpc) is 3.33. The number of rotatable bonds is 30. The molecule has 0 aliphatic carbocycles. The van der Waals surface area contributed by atoms with E-state index in [1.165, 1.54) is 193 Å². The normalized spacial score (nSPS) is 15.3. The van der Waals surface area contributed by atoms with Crippen LogP contribution in [0.4, 0.5) is 0 Å². The third-order valence-corrected chi connectivity index (χ3v) is 8.87. The summed E-state index contributed by atoms with van der Waals surface area (Å²) in [4.78, 5) is 5.26. The fourth-order valence-corrected chi connectivity index (χ4v) is 6.28. The lowest BCUT2D eigenvalue weighted by atomic mass is 10.0. The Hall–Kier alpha value is -0.660. The predicted octanol–water partition coefficient (Wildman–Crippen LogP) is 12.4. The van der Waals surface area contributed by atoms with E-state index >= 15 is 0 Å². The fraction of sp³-hybridized carbons (Fsp3) is 0.944. The molecule has 226 valence electrons. The maximum absolute atomic E-state index is 2.63. The summed E-state index contributed by atoms with van der Waals surface area (Å²) in [6.07, 6.45) is 45.6. The van der Waals surface area contributed by atoms with E-state index in [-0.39, 0.29) is 0 Å². The molecule has 1 aliphatic rings. The van der Waals surface area contributed by atoms with Gasteiger partial charge < -0.3 is 9.80 Å². The van der Waals surface area contributed by atoms with Crippen LogP contribution in [0.5, 0.6) is 0 Å². The van der Waals surface area contributed by atoms with Gasteiger partial charge in [-0.15, -0.1) is 0 Å². The Balaban J connectivity index is 1.89. The van der Waals surface area contributed by atoms with Crippen LogP contribution in [0, 0.1) is 0 Å². The van der Waals surface area contributed by atoms with Gasteiger partial charge in [-0.2, -0.15) is 0 Å². The van der Waals surface area contributed by atoms with Crippen molar-refractivity contribution in [3.63, 3.8) is 0 Å². The average molecular weight is 533 g/mol. The Morgan fingerprint density at radius 3 is 0.816 bits per heavy atom. The van der Waals surface area contributed by atoms with Crippen LogP contribution in [-0.4, -0.2) is 29.1 Å². The molecule has 0 N–H and O–H groups in total. The van der Waals surface area contributed by atoms with Crippen molar-refractivity contribution < 1.29 is 0 Å². The van der Waals surface area contributed by atoms with Crippen molar-refractivity contribution in [2.45, 2.75) is 207 Å². The molecule has 2 heteroatoms. The standard InChI is InChI=1S/C36H72N2/c1-4-7-9-11-13-15-17-19-21-23-25-27-29-31-33-38-35-34-37(36(38)6-3)32-30-28-26-24-22-20-18-16-14-12-10-8-5-2/h34-36H,4-33H2,1-3H3. The van der Waals surface area contributed by atoms with E-state index in [1.54, 1.807) is 0 Å². The number of nitrogens with zero attached hydrogens (tertiary/aromatic N) is 2. The lowest BCUT2D eigenvalue weighted by Gasteiger charge is -2.32. The van der Waals surface area contributed by atoms with Crippen molar-refractivity contribution in [2.75, 3.05) is 13.1 Å². The van der Waals surface area contributed by atoms with E-state index in [4.69, 9.17) is 0 Å². The fourth-order valence-electron chi connectivity index (χ4n) is 6.28. The quantitative estimate of drug-likeness (QED) is 0.0848. The molecule has 0 fully saturated rings. The van der Waals surface area contributed by atoms with Crippen LogP contribution in [0.2, 0.25) is 0 Å². The number of hydrogen-bond acceptors (Lipinski definition) is 2. The zero-order valence-corrected chi connectivity index (χ0v) is 26.8. The molecule has 0 aromatic carbocycles. The van der Waals surface area contributed by atoms with Gasteiger partial charge in [-0.25, -0.2) is 0 Å². The highest BCUT2D eigenvalue weighted by Gasteiger charge is 2.23. The Bertz CT molecular complexity index is 488. The van der Waals surface area contributed by atoms with E-state index in [0.29, 0.717) is 6.17 Å². The van der Waals surface area contributed by atoms with Crippen molar-refractivity contribution >= 4 is 0 Å². The molecule has 2 nitrogen and oxygen atoms in total. The molecular formula is C36H72N2. The lowest BCUT2D eigenvalue weighted by molar-refractivity contribution is 0.144. The second-order valence-corrected chi connectivity index (χ2v) is 12.5. The maximum Gasteiger partial charge on any atom is 0.100 e. The van der Waals surface area contributed by atoms with Gasteiger partial charge in [-0.3, -0.25) is 0 Å². The molecule has 0 amide bonds. The van der Waals surface area contributed by atoms with E-state index in [1.807, 2.05) is 0 Å². The first-order valence-corrected chi connectivity index (χ1v) is 18.0. The van der Waals surface area contributed by atoms with Crippen LogP contribution in [0.25, 0.3) is 0 Å². The predicted molar refractivity (Wildman–Crippen MR) is 173 cm³/mol. The first-order chi connectivity index (χ1) is 18.8. The van der Waals surface area contributed by atoms with Crippen LogP contribution < -0.4 is 0 Å². The minimum absolute atomic E-state index is 0.620. The molecular weight excluding hydrogens is 460 g/mol. The van der Waals surface area contributed by atoms with E-state index in [0.717, 1.165) is 0 Å². The topological polar surface area (TPSA) is 6.48 Å². The molecule has 1 atom stereocenters. The molecule has 38 heavy (non-hydrogen) atoms. The van der Waals surface area contributed by atoms with Gasteiger partial charge in [0, 0.05) is 25.5 Å². The highest BCUT2D eigenvalue weighted by molar-refractivity contribution is 4.96. The van der Waals surface area contributed by atoms with Gasteiger partial charge in [0.15, 0.2) is 0 Å². The third-order valence-electron chi connectivity index (χ3n) is 8.87. The summed E-state index contributed by atoms with van der Waals surface area (Å²) in [6.45, 7) is 9.48. The number of unbranched alkanes of at least 4 members (excludes halogenated alkanes) is 25. The van der Waals surface area contributed by atoms with Gasteiger partial charge in [0.2, 0.25) is 0 Å². The smallest absolute Gasteiger partial charge is 0.100 e. The second kappa shape index (κ2) is 27.9. The van der Waals surface area contributed by atoms with Crippen molar-refractivity contribution in [3.05, 3.63) is 12.4 Å². The van der Waals surface area contributed by atoms with Gasteiger partial charge in [0.1, 0.15) is 6.17 Å². The van der Waals surface area contributed by atoms with Crippen molar-refractivity contribution in [2.24, 2.45) is 0 Å². The molecule has 0 aromatic rings. The molecule has 0 radical (unpaired) electrons. The molecule has 1 rings (SSSR count). The Labute approximate surface area is 241 Å². The van der Waals surface area contributed by atoms with Crippen molar-refractivity contribution in [1.82, 2.24) is 9.80 Å². The largest absolute Gasteiger partial charge is 0.356 e. The molecule has 1 aliphatic heterocycles. The monoisotopic (exact) mass is 533 g/mol. The minimum atomic E-state index is 0.620. The first kappa shape index (κ1) is 35.4. The lowest BCUT2D eigenvalue weighted by Crippen LogP contribution is -2.38. The van der Waals surface area contributed by atoms with Crippen molar-refractivity contribution in [3.8, 4) is 0 Å². The summed E-state index contributed by atoms with van der Waals surface area (Å²) in [7, 11) is 0. The van der Waals surface area contributed by atoms with Gasteiger partial charge in [0.25, 0.3) is 0 Å². The Kier molecular flexibility index (Phi) is 26.0. The Morgan fingerprint density at radius 1 is 0.342 bits per heavy atom. The summed E-state index contributed by atoms with van der Waals surface area (Å²) in [5.41, 5.74) is 0. The first-order valence-electron chi connectivity index (χ1n) is 18.0. The molecule has 0 saturated heterocycles. The third kappa shape index (κ3) is 20.3. The SMILES string of the molecule is CCCCCCCCCCCCCCCCN1C=CN(CCCCCCCCCCCCCCC)C1CC. The molecule has 0 aromatic heterocycles. The highest BCUT2D eigenvalue weighted by Crippen LogP contribution is 2.21. The summed E-state index contributed by atoms with van der Waals surface area (Å²) in [5.74, 6) is 0. The van der Waals surface area contributed by atoms with Crippen LogP contribution in [0.3, 0.4) is 0 Å². The van der Waals surface area contributed by atoms with Crippen molar-refractivity contribution in [1.29, 1.82) is 0 Å². The zero-order valence-electron chi connectivity index (χ0n) is 26.8. The van der Waals surface area contributed by atoms with E-state index in [2.05, 4.69) is 43.0 Å². The van der Waals surface area contributed by atoms with Crippen LogP contribution >= 0.6 is 0 Å². The minimum Gasteiger partial charge on any atom is -0.356 e. The van der Waals surface area contributed by atoms with Gasteiger partial charge >= 0.3 is 0 Å². The maximum atomic E-state index is 2.63. The highest BCUT2D eigenvalue weighted by atomic mass is 15.4. The Morgan fingerprint density at radius 2 is 0.579 bits per heavy atom. The summed E-state index contributed by atoms with van der Waals surface area (Å²) in [5, 5.41) is 0. The van der Waals surface area contributed by atoms with E-state index < -0.39 is 0 Å². The number of hydrogen-bond donors (Lipinski definition) is 0. The second-order valence-electron chi connectivity index (χ2n) is 12.5. The summed E-state index contributed by atoms with van der Waals surface area (Å²) >= 11 is 0. The van der Waals surface area contributed by atoms with Gasteiger partial charge in [-0.1, -0.05) is 181 Å². The molecule has 1 heterocycles. The summed E-state index contributed by atoms with van der Waals surface area (Å²) < 4.78 is 0. The molecule has 1 unspecified atom stereocenters. The van der Waals surface area contributed by atoms with E-state index in [9.17, 15) is 0 Å². The molecule has 0 spiro atoms. The molecule has 0 bridgehead atoms.